The number of nitrogens with one attached hydrogen (secondary N) is 1. The molecular weight excluding hydrogens is 487 g/mol. The Hall–Kier alpha value is -2.43. The van der Waals surface area contributed by atoms with E-state index in [0.29, 0.717) is 18.4 Å². The Morgan fingerprint density at radius 2 is 1.86 bits per heavy atom. The third-order valence-electron chi connectivity index (χ3n) is 6.00. The van der Waals surface area contributed by atoms with Gasteiger partial charge in [0.05, 0.1) is 23.7 Å². The van der Waals surface area contributed by atoms with E-state index in [1.807, 2.05) is 6.92 Å². The summed E-state index contributed by atoms with van der Waals surface area (Å²) in [7, 11) is -1.52. The lowest BCUT2D eigenvalue weighted by atomic mass is 10.1. The largest absolute Gasteiger partial charge is 0.352 e. The molecule has 3 rings (SSSR count). The van der Waals surface area contributed by atoms with E-state index in [1.54, 1.807) is 19.1 Å². The molecule has 198 valence electrons. The van der Waals surface area contributed by atoms with Gasteiger partial charge in [-0.3, -0.25) is 24.5 Å². The number of nitrogens with zero attached hydrogens (tertiary/aromatic N) is 3. The Bertz CT molecular complexity index is 1140. The van der Waals surface area contributed by atoms with Gasteiger partial charge in [0.1, 0.15) is 6.23 Å². The van der Waals surface area contributed by atoms with E-state index in [1.165, 1.54) is 22.9 Å². The van der Waals surface area contributed by atoms with Crippen LogP contribution in [-0.2, 0) is 20.4 Å². The van der Waals surface area contributed by atoms with E-state index >= 15 is 0 Å². The smallest absolute Gasteiger partial charge is 0.330 e. The predicted molar refractivity (Wildman–Crippen MR) is 137 cm³/mol. The summed E-state index contributed by atoms with van der Waals surface area (Å²) >= 11 is 0. The van der Waals surface area contributed by atoms with Crippen molar-refractivity contribution in [3.63, 3.8) is 0 Å². The second kappa shape index (κ2) is 12.2. The molecule has 0 saturated carbocycles. The Morgan fingerprint density at radius 3 is 2.42 bits per heavy atom. The summed E-state index contributed by atoms with van der Waals surface area (Å²) in [6.45, 7) is 12.1. The monoisotopic (exact) mass is 522 g/mol. The Kier molecular flexibility index (Phi) is 9.54. The van der Waals surface area contributed by atoms with Crippen molar-refractivity contribution in [2.75, 3.05) is 0 Å². The number of hydrogen-bond donors (Lipinski definition) is 1. The van der Waals surface area contributed by atoms with Gasteiger partial charge in [-0.2, -0.15) is 0 Å². The predicted octanol–water partition coefficient (Wildman–Crippen LogP) is 4.40. The van der Waals surface area contributed by atoms with Crippen LogP contribution in [0.3, 0.4) is 0 Å². The molecule has 4 atom stereocenters. The van der Waals surface area contributed by atoms with Crippen molar-refractivity contribution in [3.05, 3.63) is 72.5 Å². The highest BCUT2D eigenvalue weighted by molar-refractivity contribution is 7.44. The van der Waals surface area contributed by atoms with Crippen molar-refractivity contribution in [1.82, 2.24) is 14.2 Å². The summed E-state index contributed by atoms with van der Waals surface area (Å²) in [6, 6.07) is 6.53. The first kappa shape index (κ1) is 28.1. The number of benzene rings is 1. The van der Waals surface area contributed by atoms with Gasteiger partial charge in [0.2, 0.25) is 0 Å². The van der Waals surface area contributed by atoms with E-state index in [0.717, 1.165) is 5.56 Å². The number of nitro benzene ring substituents is 1. The van der Waals surface area contributed by atoms with Crippen LogP contribution in [0.2, 0.25) is 0 Å². The number of hydrogen-bond acceptors (Lipinski definition) is 8. The minimum Gasteiger partial charge on any atom is -0.352 e. The van der Waals surface area contributed by atoms with Gasteiger partial charge < -0.3 is 13.8 Å². The Labute approximate surface area is 211 Å². The van der Waals surface area contributed by atoms with Crippen molar-refractivity contribution in [2.24, 2.45) is 0 Å². The number of aryl methyl sites for hydroxylation is 1. The molecule has 1 aliphatic heterocycles. The van der Waals surface area contributed by atoms with Crippen molar-refractivity contribution in [1.29, 1.82) is 0 Å². The van der Waals surface area contributed by atoms with Crippen LogP contribution in [0.4, 0.5) is 5.69 Å². The average Bonchev–Trinajstić information content (AvgIpc) is 3.22. The Morgan fingerprint density at radius 1 is 1.22 bits per heavy atom. The molecule has 1 aliphatic rings. The highest BCUT2D eigenvalue weighted by Crippen LogP contribution is 2.50. The molecule has 1 N–H and O–H groups in total. The molecule has 1 saturated heterocycles. The molecule has 0 spiro atoms. The van der Waals surface area contributed by atoms with Gasteiger partial charge in [0.25, 0.3) is 19.8 Å². The number of ether oxygens (including phenoxy) is 1. The summed E-state index contributed by atoms with van der Waals surface area (Å²) in [5, 5.41) is 11.0. The van der Waals surface area contributed by atoms with Crippen molar-refractivity contribution in [3.8, 4) is 0 Å². The maximum absolute atomic E-state index is 12.4. The summed E-state index contributed by atoms with van der Waals surface area (Å²) < 4.78 is 22.6. The summed E-state index contributed by atoms with van der Waals surface area (Å²) in [4.78, 5) is 37.1. The molecule has 12 heteroatoms. The normalized spacial score (nSPS) is 21.0. The SMILES string of the molecule is CC[C@H]1O[C@@H](n2cc(C)c(=O)[nH]c2=O)C[C@H]1OP(OCc1ccc([N+](=O)[O-])cc1)N(C(C)C)C(C)C. The van der Waals surface area contributed by atoms with Gasteiger partial charge in [-0.1, -0.05) is 6.92 Å². The first-order valence-corrected chi connectivity index (χ1v) is 13.2. The number of rotatable bonds is 11. The minimum absolute atomic E-state index is 0.0240. The first-order valence-electron chi connectivity index (χ1n) is 12.1. The van der Waals surface area contributed by atoms with Gasteiger partial charge >= 0.3 is 5.69 Å². The minimum atomic E-state index is -1.52. The Balaban J connectivity index is 1.81. The molecule has 0 amide bonds. The third-order valence-corrected chi connectivity index (χ3v) is 8.10. The molecule has 0 radical (unpaired) electrons. The lowest BCUT2D eigenvalue weighted by Gasteiger charge is -2.37. The topological polar surface area (TPSA) is 129 Å². The standard InChI is InChI=1S/C24H35N4O7P/c1-7-20-21(12-22(34-20)26-13-17(6)23(29)25-24(26)30)35-36(27(15(2)3)16(4)5)33-14-18-8-10-19(11-9-18)28(31)32/h8-11,13,15-16,20-22H,7,12,14H2,1-6H3,(H,25,29,30)/t20-,21-,22-,36?/m1/s1. The van der Waals surface area contributed by atoms with Crippen LogP contribution in [0.1, 0.15) is 64.8 Å². The number of H-pyrrole nitrogens is 1. The van der Waals surface area contributed by atoms with Crippen LogP contribution >= 0.6 is 8.53 Å². The van der Waals surface area contributed by atoms with E-state index in [-0.39, 0.29) is 36.6 Å². The van der Waals surface area contributed by atoms with Crippen LogP contribution in [0, 0.1) is 17.0 Å². The highest BCUT2D eigenvalue weighted by atomic mass is 31.2. The van der Waals surface area contributed by atoms with E-state index in [9.17, 15) is 19.7 Å². The molecule has 0 bridgehead atoms. The van der Waals surface area contributed by atoms with Crippen molar-refractivity contribution >= 4 is 14.2 Å². The summed E-state index contributed by atoms with van der Waals surface area (Å²) in [5.74, 6) is 0. The van der Waals surface area contributed by atoms with Gasteiger partial charge in [0.15, 0.2) is 0 Å². The van der Waals surface area contributed by atoms with Crippen LogP contribution < -0.4 is 11.2 Å². The van der Waals surface area contributed by atoms with Gasteiger partial charge in [0, 0.05) is 42.4 Å². The molecule has 36 heavy (non-hydrogen) atoms. The van der Waals surface area contributed by atoms with Crippen molar-refractivity contribution in [2.45, 2.75) is 91.5 Å². The van der Waals surface area contributed by atoms with Crippen LogP contribution in [0.15, 0.2) is 40.1 Å². The summed E-state index contributed by atoms with van der Waals surface area (Å²) in [5.41, 5.74) is 0.313. The van der Waals surface area contributed by atoms with Crippen molar-refractivity contribution < 1.29 is 18.7 Å². The van der Waals surface area contributed by atoms with Crippen LogP contribution in [0.25, 0.3) is 0 Å². The molecule has 1 unspecified atom stereocenters. The zero-order valence-corrected chi connectivity index (χ0v) is 22.4. The number of nitro groups is 1. The number of aromatic nitrogens is 2. The lowest BCUT2D eigenvalue weighted by Crippen LogP contribution is -2.35. The quantitative estimate of drug-likeness (QED) is 0.261. The molecule has 1 aromatic heterocycles. The highest BCUT2D eigenvalue weighted by Gasteiger charge is 2.40. The van der Waals surface area contributed by atoms with Gasteiger partial charge in [-0.25, -0.2) is 9.46 Å². The fraction of sp³-hybridized carbons (Fsp3) is 0.583. The fourth-order valence-electron chi connectivity index (χ4n) is 4.23. The zero-order chi connectivity index (χ0) is 26.6. The second-order valence-electron chi connectivity index (χ2n) is 9.40. The first-order chi connectivity index (χ1) is 17.0. The second-order valence-corrected chi connectivity index (χ2v) is 10.8. The maximum Gasteiger partial charge on any atom is 0.330 e. The molecule has 11 nitrogen and oxygen atoms in total. The van der Waals surface area contributed by atoms with Gasteiger partial charge in [-0.05, 0) is 58.7 Å². The number of aromatic amines is 1. The molecule has 2 heterocycles. The molecule has 0 aliphatic carbocycles. The molecular formula is C24H35N4O7P. The molecule has 1 fully saturated rings. The van der Waals surface area contributed by atoms with E-state index < -0.39 is 30.9 Å². The van der Waals surface area contributed by atoms with Gasteiger partial charge in [-0.15, -0.1) is 0 Å². The van der Waals surface area contributed by atoms with E-state index in [2.05, 4.69) is 37.3 Å². The van der Waals surface area contributed by atoms with Crippen LogP contribution in [-0.4, -0.2) is 43.4 Å². The fourth-order valence-corrected chi connectivity index (χ4v) is 6.00. The summed E-state index contributed by atoms with van der Waals surface area (Å²) in [6.07, 6.45) is 1.45. The zero-order valence-electron chi connectivity index (χ0n) is 21.5. The third kappa shape index (κ3) is 6.66. The molecule has 1 aromatic carbocycles. The van der Waals surface area contributed by atoms with Crippen LogP contribution in [0.5, 0.6) is 0 Å². The average molecular weight is 523 g/mol. The van der Waals surface area contributed by atoms with E-state index in [4.69, 9.17) is 13.8 Å². The number of non-ortho nitro benzene ring substituents is 1. The lowest BCUT2D eigenvalue weighted by molar-refractivity contribution is -0.384. The maximum atomic E-state index is 12.4. The molecule has 2 aromatic rings.